The maximum Gasteiger partial charge on any atom is 0.262 e. The highest BCUT2D eigenvalue weighted by Crippen LogP contribution is 2.16. The Balaban J connectivity index is 1.90. The summed E-state index contributed by atoms with van der Waals surface area (Å²) in [5.74, 6) is 0.329. The molecule has 3 N–H and O–H groups in total. The Morgan fingerprint density at radius 2 is 1.88 bits per heavy atom. The van der Waals surface area contributed by atoms with Crippen LogP contribution in [-0.4, -0.2) is 30.4 Å². The van der Waals surface area contributed by atoms with E-state index in [1.807, 2.05) is 55.5 Å². The van der Waals surface area contributed by atoms with Crippen molar-refractivity contribution in [1.29, 1.82) is 0 Å². The Morgan fingerprint density at radius 3 is 2.64 bits per heavy atom. The standard InChI is InChI=1S/C18H20N4O2S/c1-2-19-18(25)22-20-12-14-8-6-7-11-16(14)24-13-17(23)21-15-9-4-3-5-10-15/h3-12H,2,13H2,1H3,(H,21,23)(H2,19,22,25). The minimum Gasteiger partial charge on any atom is -0.483 e. The molecule has 6 nitrogen and oxygen atoms in total. The molecule has 2 aromatic rings. The van der Waals surface area contributed by atoms with Crippen LogP contribution < -0.4 is 20.8 Å². The molecule has 2 rings (SSSR count). The van der Waals surface area contributed by atoms with Gasteiger partial charge in [-0.05, 0) is 43.4 Å². The monoisotopic (exact) mass is 356 g/mol. The highest BCUT2D eigenvalue weighted by atomic mass is 32.1. The van der Waals surface area contributed by atoms with Gasteiger partial charge in [0.2, 0.25) is 0 Å². The fourth-order valence-electron chi connectivity index (χ4n) is 1.94. The van der Waals surface area contributed by atoms with Crippen molar-refractivity contribution in [1.82, 2.24) is 10.7 Å². The summed E-state index contributed by atoms with van der Waals surface area (Å²) in [5, 5.41) is 10.2. The SMILES string of the molecule is CCNC(=S)NN=Cc1ccccc1OCC(=O)Nc1ccccc1. The van der Waals surface area contributed by atoms with Crippen LogP contribution in [0.5, 0.6) is 5.75 Å². The molecule has 0 heterocycles. The van der Waals surface area contributed by atoms with Gasteiger partial charge in [-0.25, -0.2) is 0 Å². The van der Waals surface area contributed by atoms with Gasteiger partial charge < -0.3 is 15.4 Å². The summed E-state index contributed by atoms with van der Waals surface area (Å²) in [6.45, 7) is 2.57. The molecule has 2 aromatic carbocycles. The number of thiocarbonyl (C=S) groups is 1. The maximum absolute atomic E-state index is 12.0. The molecule has 130 valence electrons. The fraction of sp³-hybridized carbons (Fsp3) is 0.167. The van der Waals surface area contributed by atoms with Crippen molar-refractivity contribution in [2.75, 3.05) is 18.5 Å². The van der Waals surface area contributed by atoms with Crippen LogP contribution in [0.2, 0.25) is 0 Å². The maximum atomic E-state index is 12.0. The first-order chi connectivity index (χ1) is 12.2. The molecule has 0 aromatic heterocycles. The number of para-hydroxylation sites is 2. The first-order valence-electron chi connectivity index (χ1n) is 7.82. The molecule has 0 saturated carbocycles. The molecule has 0 aliphatic heterocycles. The number of benzene rings is 2. The predicted molar refractivity (Wildman–Crippen MR) is 104 cm³/mol. The van der Waals surface area contributed by atoms with E-state index < -0.39 is 0 Å². The summed E-state index contributed by atoms with van der Waals surface area (Å²) in [7, 11) is 0. The van der Waals surface area contributed by atoms with Crippen molar-refractivity contribution in [2.24, 2.45) is 5.10 Å². The van der Waals surface area contributed by atoms with Crippen molar-refractivity contribution in [3.63, 3.8) is 0 Å². The summed E-state index contributed by atoms with van der Waals surface area (Å²) in [5.41, 5.74) is 4.18. The van der Waals surface area contributed by atoms with Gasteiger partial charge in [-0.3, -0.25) is 10.2 Å². The molecule has 0 atom stereocenters. The number of anilines is 1. The summed E-state index contributed by atoms with van der Waals surface area (Å²) in [6.07, 6.45) is 1.59. The number of hydrogen-bond acceptors (Lipinski definition) is 4. The Bertz CT molecular complexity index is 735. The van der Waals surface area contributed by atoms with E-state index in [4.69, 9.17) is 17.0 Å². The Labute approximate surface area is 152 Å². The smallest absolute Gasteiger partial charge is 0.262 e. The van der Waals surface area contributed by atoms with E-state index in [0.29, 0.717) is 10.9 Å². The average Bonchev–Trinajstić information content (AvgIpc) is 2.62. The number of carbonyl (C=O) groups excluding carboxylic acids is 1. The van der Waals surface area contributed by atoms with Gasteiger partial charge in [0.25, 0.3) is 5.91 Å². The van der Waals surface area contributed by atoms with Crippen LogP contribution in [0.4, 0.5) is 5.69 Å². The molecule has 0 radical (unpaired) electrons. The van der Waals surface area contributed by atoms with Gasteiger partial charge >= 0.3 is 0 Å². The molecule has 1 amide bonds. The van der Waals surface area contributed by atoms with Gasteiger partial charge in [-0.15, -0.1) is 0 Å². The molecule has 7 heteroatoms. The Hall–Kier alpha value is -2.93. The second-order valence-electron chi connectivity index (χ2n) is 4.97. The number of hydrazone groups is 1. The second kappa shape index (κ2) is 10.0. The van der Waals surface area contributed by atoms with Crippen molar-refractivity contribution < 1.29 is 9.53 Å². The third-order valence-electron chi connectivity index (χ3n) is 3.04. The van der Waals surface area contributed by atoms with E-state index in [1.54, 1.807) is 12.3 Å². The average molecular weight is 356 g/mol. The highest BCUT2D eigenvalue weighted by molar-refractivity contribution is 7.80. The zero-order valence-electron chi connectivity index (χ0n) is 13.9. The van der Waals surface area contributed by atoms with Crippen LogP contribution in [0.1, 0.15) is 12.5 Å². The number of nitrogens with one attached hydrogen (secondary N) is 3. The quantitative estimate of drug-likeness (QED) is 0.404. The van der Waals surface area contributed by atoms with Gasteiger partial charge in [0.15, 0.2) is 11.7 Å². The van der Waals surface area contributed by atoms with Crippen molar-refractivity contribution in [2.45, 2.75) is 6.92 Å². The minimum absolute atomic E-state index is 0.0943. The van der Waals surface area contributed by atoms with Crippen LogP contribution in [0, 0.1) is 0 Å². The van der Waals surface area contributed by atoms with E-state index in [-0.39, 0.29) is 12.5 Å². The van der Waals surface area contributed by atoms with Crippen molar-refractivity contribution in [3.8, 4) is 5.75 Å². The minimum atomic E-state index is -0.232. The molecule has 0 aliphatic carbocycles. The molecule has 0 bridgehead atoms. The van der Waals surface area contributed by atoms with Crippen LogP contribution >= 0.6 is 12.2 Å². The number of amides is 1. The molecule has 0 saturated heterocycles. The largest absolute Gasteiger partial charge is 0.483 e. The van der Waals surface area contributed by atoms with E-state index >= 15 is 0 Å². The summed E-state index contributed by atoms with van der Waals surface area (Å²) < 4.78 is 5.60. The molecule has 25 heavy (non-hydrogen) atoms. The summed E-state index contributed by atoms with van der Waals surface area (Å²) in [6, 6.07) is 16.5. The van der Waals surface area contributed by atoms with Crippen LogP contribution in [0.3, 0.4) is 0 Å². The number of hydrogen-bond donors (Lipinski definition) is 3. The van der Waals surface area contributed by atoms with E-state index in [2.05, 4.69) is 21.2 Å². The number of carbonyl (C=O) groups is 1. The van der Waals surface area contributed by atoms with Crippen molar-refractivity contribution >= 4 is 35.1 Å². The third kappa shape index (κ3) is 6.60. The lowest BCUT2D eigenvalue weighted by Crippen LogP contribution is -2.31. The predicted octanol–water partition coefficient (Wildman–Crippen LogP) is 2.52. The van der Waals surface area contributed by atoms with Crippen molar-refractivity contribution in [3.05, 3.63) is 60.2 Å². The van der Waals surface area contributed by atoms with E-state index in [9.17, 15) is 4.79 Å². The molecule has 0 unspecified atom stereocenters. The summed E-state index contributed by atoms with van der Waals surface area (Å²) in [4.78, 5) is 12.0. The normalized spacial score (nSPS) is 10.3. The number of ether oxygens (including phenoxy) is 1. The first-order valence-corrected chi connectivity index (χ1v) is 8.23. The summed E-state index contributed by atoms with van der Waals surface area (Å²) >= 11 is 5.03. The third-order valence-corrected chi connectivity index (χ3v) is 3.28. The molecular weight excluding hydrogens is 336 g/mol. The zero-order chi connectivity index (χ0) is 17.9. The van der Waals surface area contributed by atoms with Gasteiger partial charge in [0.05, 0.1) is 6.21 Å². The van der Waals surface area contributed by atoms with Gasteiger partial charge in [0.1, 0.15) is 5.75 Å². The zero-order valence-corrected chi connectivity index (χ0v) is 14.7. The van der Waals surface area contributed by atoms with Gasteiger partial charge in [-0.1, -0.05) is 30.3 Å². The van der Waals surface area contributed by atoms with E-state index in [0.717, 1.165) is 17.8 Å². The fourth-order valence-corrected chi connectivity index (χ4v) is 2.14. The van der Waals surface area contributed by atoms with Crippen LogP contribution in [0.15, 0.2) is 59.7 Å². The molecule has 0 spiro atoms. The lowest BCUT2D eigenvalue weighted by molar-refractivity contribution is -0.118. The highest BCUT2D eigenvalue weighted by Gasteiger charge is 2.06. The molecular formula is C18H20N4O2S. The molecule has 0 fully saturated rings. The van der Waals surface area contributed by atoms with E-state index in [1.165, 1.54) is 0 Å². The van der Waals surface area contributed by atoms with Gasteiger partial charge in [-0.2, -0.15) is 5.10 Å². The molecule has 0 aliphatic rings. The van der Waals surface area contributed by atoms with Gasteiger partial charge in [0, 0.05) is 17.8 Å². The Kier molecular flexibility index (Phi) is 7.40. The Morgan fingerprint density at radius 1 is 1.16 bits per heavy atom. The lowest BCUT2D eigenvalue weighted by atomic mass is 10.2. The number of nitrogens with zero attached hydrogens (tertiary/aromatic N) is 1. The topological polar surface area (TPSA) is 74.8 Å². The van der Waals surface area contributed by atoms with Crippen LogP contribution in [0.25, 0.3) is 0 Å². The van der Waals surface area contributed by atoms with Crippen LogP contribution in [-0.2, 0) is 4.79 Å². The first kappa shape index (κ1) is 18.4. The second-order valence-corrected chi connectivity index (χ2v) is 5.38. The number of rotatable bonds is 7. The lowest BCUT2D eigenvalue weighted by Gasteiger charge is -2.09.